The Morgan fingerprint density at radius 1 is 1.38 bits per heavy atom. The monoisotopic (exact) mass is 339 g/mol. The van der Waals surface area contributed by atoms with E-state index in [1.54, 1.807) is 0 Å². The second-order valence-electron chi connectivity index (χ2n) is 4.71. The molecule has 0 aliphatic carbocycles. The Hall–Kier alpha value is -1.25. The Labute approximate surface area is 125 Å². The molecule has 1 aromatic carbocycles. The van der Waals surface area contributed by atoms with E-state index in [0.717, 1.165) is 16.4 Å². The van der Waals surface area contributed by atoms with Crippen LogP contribution in [0.25, 0.3) is 0 Å². The molecular formula is C12H12ClF2NO4S. The number of rotatable bonds is 3. The van der Waals surface area contributed by atoms with Crippen LogP contribution in [0.3, 0.4) is 0 Å². The number of aliphatic carboxylic acids is 1. The maximum absolute atomic E-state index is 13.8. The van der Waals surface area contributed by atoms with Crippen LogP contribution >= 0.6 is 11.6 Å². The molecule has 1 aromatic rings. The number of hydrogen-bond donors (Lipinski definition) is 1. The van der Waals surface area contributed by atoms with Gasteiger partial charge in [0.25, 0.3) is 0 Å². The van der Waals surface area contributed by atoms with Crippen LogP contribution in [0.1, 0.15) is 12.8 Å². The quantitative estimate of drug-likeness (QED) is 0.856. The Balaban J connectivity index is 2.43. The molecule has 116 valence electrons. The zero-order valence-corrected chi connectivity index (χ0v) is 12.3. The van der Waals surface area contributed by atoms with Crippen LogP contribution in [-0.2, 0) is 14.8 Å². The van der Waals surface area contributed by atoms with Crippen molar-refractivity contribution in [3.8, 4) is 0 Å². The van der Waals surface area contributed by atoms with Gasteiger partial charge in [0.1, 0.15) is 4.90 Å². The van der Waals surface area contributed by atoms with Gasteiger partial charge in [-0.25, -0.2) is 17.2 Å². The largest absolute Gasteiger partial charge is 0.481 e. The van der Waals surface area contributed by atoms with E-state index in [1.807, 2.05) is 0 Å². The fraction of sp³-hybridized carbons (Fsp3) is 0.417. The number of carbonyl (C=O) groups is 1. The van der Waals surface area contributed by atoms with Crippen molar-refractivity contribution >= 4 is 27.6 Å². The lowest BCUT2D eigenvalue weighted by Gasteiger charge is -2.30. The van der Waals surface area contributed by atoms with E-state index in [-0.39, 0.29) is 13.1 Å². The minimum Gasteiger partial charge on any atom is -0.481 e. The Bertz CT molecular complexity index is 680. The SMILES string of the molecule is O=C(O)C1CCCN(S(=O)(=O)c2c(Cl)ccc(F)c2F)C1. The molecule has 0 saturated carbocycles. The molecule has 0 aromatic heterocycles. The lowest BCUT2D eigenvalue weighted by molar-refractivity contribution is -0.142. The smallest absolute Gasteiger partial charge is 0.307 e. The topological polar surface area (TPSA) is 74.7 Å². The van der Waals surface area contributed by atoms with Crippen molar-refractivity contribution < 1.29 is 27.1 Å². The zero-order valence-electron chi connectivity index (χ0n) is 10.7. The molecule has 1 N–H and O–H groups in total. The van der Waals surface area contributed by atoms with E-state index < -0.39 is 43.5 Å². The number of carboxylic acid groups (broad SMARTS) is 1. The van der Waals surface area contributed by atoms with Crippen molar-refractivity contribution in [2.24, 2.45) is 5.92 Å². The number of sulfonamides is 1. The van der Waals surface area contributed by atoms with Crippen molar-refractivity contribution in [2.45, 2.75) is 17.7 Å². The van der Waals surface area contributed by atoms with Gasteiger partial charge in [-0.1, -0.05) is 11.6 Å². The average molecular weight is 340 g/mol. The van der Waals surface area contributed by atoms with E-state index in [4.69, 9.17) is 16.7 Å². The first-order valence-corrected chi connectivity index (χ1v) is 7.93. The lowest BCUT2D eigenvalue weighted by atomic mass is 10.0. The third-order valence-electron chi connectivity index (χ3n) is 3.33. The third kappa shape index (κ3) is 3.02. The molecule has 0 bridgehead atoms. The second-order valence-corrected chi connectivity index (χ2v) is 6.99. The fourth-order valence-corrected chi connectivity index (χ4v) is 4.32. The minimum absolute atomic E-state index is 0.0401. The molecule has 0 amide bonds. The molecule has 2 rings (SSSR count). The van der Waals surface area contributed by atoms with Gasteiger partial charge in [-0.15, -0.1) is 0 Å². The molecular weight excluding hydrogens is 328 g/mol. The van der Waals surface area contributed by atoms with Gasteiger partial charge in [0.15, 0.2) is 11.6 Å². The molecule has 21 heavy (non-hydrogen) atoms. The number of hydrogen-bond acceptors (Lipinski definition) is 3. The van der Waals surface area contributed by atoms with Crippen LogP contribution in [0.15, 0.2) is 17.0 Å². The highest BCUT2D eigenvalue weighted by molar-refractivity contribution is 7.89. The summed E-state index contributed by atoms with van der Waals surface area (Å²) >= 11 is 5.68. The molecule has 1 saturated heterocycles. The standard InChI is InChI=1S/C12H12ClF2NO4S/c13-8-3-4-9(14)10(15)11(8)21(19,20)16-5-1-2-7(6-16)12(17)18/h3-4,7H,1-2,5-6H2,(H,17,18). The molecule has 1 aliphatic rings. The van der Waals surface area contributed by atoms with Gasteiger partial charge >= 0.3 is 5.97 Å². The predicted octanol–water partition coefficient (Wildman–Crippen LogP) is 2.10. The summed E-state index contributed by atoms with van der Waals surface area (Å²) in [6.07, 6.45) is 0.658. The number of carboxylic acids is 1. The van der Waals surface area contributed by atoms with Crippen LogP contribution < -0.4 is 0 Å². The average Bonchev–Trinajstić information content (AvgIpc) is 2.43. The van der Waals surface area contributed by atoms with Crippen LogP contribution in [0.5, 0.6) is 0 Å². The van der Waals surface area contributed by atoms with Gasteiger partial charge in [-0.2, -0.15) is 4.31 Å². The van der Waals surface area contributed by atoms with Gasteiger partial charge < -0.3 is 5.11 Å². The third-order valence-corrected chi connectivity index (χ3v) is 5.69. The molecule has 1 unspecified atom stereocenters. The number of nitrogens with zero attached hydrogens (tertiary/aromatic N) is 1. The van der Waals surface area contributed by atoms with Crippen molar-refractivity contribution in [3.63, 3.8) is 0 Å². The summed E-state index contributed by atoms with van der Waals surface area (Å²) in [5.74, 6) is -4.88. The Morgan fingerprint density at radius 3 is 2.67 bits per heavy atom. The second kappa shape index (κ2) is 5.86. The van der Waals surface area contributed by atoms with E-state index in [9.17, 15) is 22.0 Å². The summed E-state index contributed by atoms with van der Waals surface area (Å²) in [5.41, 5.74) is 0. The molecule has 9 heteroatoms. The summed E-state index contributed by atoms with van der Waals surface area (Å²) in [7, 11) is -4.39. The maximum Gasteiger partial charge on any atom is 0.307 e. The summed E-state index contributed by atoms with van der Waals surface area (Å²) in [5, 5.41) is 8.53. The van der Waals surface area contributed by atoms with E-state index in [2.05, 4.69) is 0 Å². The highest BCUT2D eigenvalue weighted by atomic mass is 35.5. The first kappa shape index (κ1) is 16.1. The fourth-order valence-electron chi connectivity index (χ4n) is 2.24. The van der Waals surface area contributed by atoms with Gasteiger partial charge in [-0.3, -0.25) is 4.79 Å². The van der Waals surface area contributed by atoms with Crippen LogP contribution in [0, 0.1) is 17.6 Å². The first-order valence-electron chi connectivity index (χ1n) is 6.11. The maximum atomic E-state index is 13.8. The normalized spacial score (nSPS) is 20.4. The van der Waals surface area contributed by atoms with Crippen molar-refractivity contribution in [2.75, 3.05) is 13.1 Å². The van der Waals surface area contributed by atoms with Crippen molar-refractivity contribution in [3.05, 3.63) is 28.8 Å². The number of halogens is 3. The van der Waals surface area contributed by atoms with Gasteiger partial charge in [-0.05, 0) is 25.0 Å². The Kier molecular flexibility index (Phi) is 4.50. The Morgan fingerprint density at radius 2 is 2.05 bits per heavy atom. The highest BCUT2D eigenvalue weighted by Crippen LogP contribution is 2.31. The summed E-state index contributed by atoms with van der Waals surface area (Å²) in [6, 6.07) is 1.68. The van der Waals surface area contributed by atoms with E-state index in [0.29, 0.717) is 12.8 Å². The lowest BCUT2D eigenvalue weighted by Crippen LogP contribution is -2.42. The van der Waals surface area contributed by atoms with Crippen molar-refractivity contribution in [1.82, 2.24) is 4.31 Å². The van der Waals surface area contributed by atoms with E-state index >= 15 is 0 Å². The van der Waals surface area contributed by atoms with Crippen molar-refractivity contribution in [1.29, 1.82) is 0 Å². The molecule has 1 fully saturated rings. The van der Waals surface area contributed by atoms with Gasteiger partial charge in [0, 0.05) is 13.1 Å². The van der Waals surface area contributed by atoms with Crippen LogP contribution in [0.2, 0.25) is 5.02 Å². The zero-order chi connectivity index (χ0) is 15.8. The first-order chi connectivity index (χ1) is 9.75. The van der Waals surface area contributed by atoms with Gasteiger partial charge in [0.2, 0.25) is 10.0 Å². The van der Waals surface area contributed by atoms with E-state index in [1.165, 1.54) is 0 Å². The summed E-state index contributed by atoms with van der Waals surface area (Å²) < 4.78 is 52.7. The molecule has 5 nitrogen and oxygen atoms in total. The number of benzene rings is 1. The van der Waals surface area contributed by atoms with Gasteiger partial charge in [0.05, 0.1) is 10.9 Å². The summed E-state index contributed by atoms with van der Waals surface area (Å²) in [6.45, 7) is -0.248. The number of piperidine rings is 1. The molecule has 1 aliphatic heterocycles. The molecule has 1 heterocycles. The highest BCUT2D eigenvalue weighted by Gasteiger charge is 2.36. The molecule has 0 spiro atoms. The molecule has 1 atom stereocenters. The predicted molar refractivity (Wildman–Crippen MR) is 70.5 cm³/mol. The summed E-state index contributed by atoms with van der Waals surface area (Å²) in [4.78, 5) is 10.0. The minimum atomic E-state index is -4.39. The molecule has 0 radical (unpaired) electrons. The van der Waals surface area contributed by atoms with Crippen LogP contribution in [-0.4, -0.2) is 36.9 Å². The van der Waals surface area contributed by atoms with Crippen LogP contribution in [0.4, 0.5) is 8.78 Å².